The number of amides is 1. The van der Waals surface area contributed by atoms with Crippen molar-refractivity contribution in [3.63, 3.8) is 0 Å². The molecule has 0 saturated carbocycles. The van der Waals surface area contributed by atoms with E-state index in [0.717, 1.165) is 17.4 Å². The second-order valence-electron chi connectivity index (χ2n) is 13.5. The number of hydrogen-bond donors (Lipinski definition) is 2. The molecule has 0 radical (unpaired) electrons. The fraction of sp³-hybridized carbons (Fsp3) is 0.250. The van der Waals surface area contributed by atoms with Crippen molar-refractivity contribution in [1.29, 1.82) is 0 Å². The zero-order chi connectivity index (χ0) is 41.8. The number of sulfonamides is 1. The average Bonchev–Trinajstić information content (AvgIpc) is 3.25. The van der Waals surface area contributed by atoms with E-state index in [2.05, 4.69) is 25.3 Å². The van der Waals surface area contributed by atoms with Crippen LogP contribution in [0.5, 0.6) is 0 Å². The number of aromatic nitrogens is 6. The average molecular weight is 827 g/mol. The maximum atomic E-state index is 15.4. The van der Waals surface area contributed by atoms with Gasteiger partial charge in [-0.25, -0.2) is 46.3 Å². The molecule has 4 aromatic heterocycles. The summed E-state index contributed by atoms with van der Waals surface area (Å²) in [6.07, 6.45) is 8.82. The Kier molecular flexibility index (Phi) is 11.7. The molecule has 7 rings (SSSR count). The number of carbonyl (C=O) groups is 2. The van der Waals surface area contributed by atoms with E-state index < -0.39 is 62.1 Å². The smallest absolute Gasteiger partial charge is 0.337 e. The summed E-state index contributed by atoms with van der Waals surface area (Å²) in [6, 6.07) is 9.57. The summed E-state index contributed by atoms with van der Waals surface area (Å²) in [6.45, 7) is 2.77. The SMILES string of the molecule is CCOC(=O)[C@H](Cc1ccc(-n2c(=O)c3ccncc3n(C)c2=O)nc1)NC(=O)c1cc(F)c(NS(=O)(=O)c2ccc(-c3cnc(C4CCOCC4)nc3)cc2)cc1F. The third-order valence-electron chi connectivity index (χ3n) is 9.73. The summed E-state index contributed by atoms with van der Waals surface area (Å²) in [4.78, 5) is 69.3. The minimum atomic E-state index is -4.42. The summed E-state index contributed by atoms with van der Waals surface area (Å²) in [7, 11) is -2.94. The van der Waals surface area contributed by atoms with Gasteiger partial charge in [0.05, 0.1) is 39.9 Å². The number of benzene rings is 2. The zero-order valence-corrected chi connectivity index (χ0v) is 32.4. The molecule has 0 spiro atoms. The van der Waals surface area contributed by atoms with Gasteiger partial charge in [-0.15, -0.1) is 0 Å². The van der Waals surface area contributed by atoms with E-state index in [1.54, 1.807) is 12.4 Å². The molecular weight excluding hydrogens is 791 g/mol. The van der Waals surface area contributed by atoms with Crippen LogP contribution in [0.15, 0.2) is 100 Å². The number of rotatable bonds is 12. The first-order chi connectivity index (χ1) is 28.3. The summed E-state index contributed by atoms with van der Waals surface area (Å²) in [5, 5.41) is 2.58. The van der Waals surface area contributed by atoms with Gasteiger partial charge in [-0.1, -0.05) is 18.2 Å². The molecule has 1 atom stereocenters. The summed E-state index contributed by atoms with van der Waals surface area (Å²) in [5.74, 6) is -3.74. The van der Waals surface area contributed by atoms with Gasteiger partial charge in [0.15, 0.2) is 0 Å². The molecule has 304 valence electrons. The van der Waals surface area contributed by atoms with Crippen LogP contribution in [0.25, 0.3) is 27.8 Å². The van der Waals surface area contributed by atoms with Gasteiger partial charge < -0.3 is 14.8 Å². The number of aryl methyl sites for hydroxylation is 1. The molecular formula is C40H36F2N8O8S. The van der Waals surface area contributed by atoms with E-state index in [0.29, 0.717) is 53.4 Å². The molecule has 2 aromatic carbocycles. The largest absolute Gasteiger partial charge is 0.464 e. The number of esters is 1. The van der Waals surface area contributed by atoms with Gasteiger partial charge in [-0.2, -0.15) is 0 Å². The van der Waals surface area contributed by atoms with E-state index in [4.69, 9.17) is 9.47 Å². The van der Waals surface area contributed by atoms with Crippen molar-refractivity contribution in [2.75, 3.05) is 24.5 Å². The predicted octanol–water partition coefficient (Wildman–Crippen LogP) is 3.81. The quantitative estimate of drug-likeness (QED) is 0.169. The molecule has 0 unspecified atom stereocenters. The molecule has 2 N–H and O–H groups in total. The highest BCUT2D eigenvalue weighted by molar-refractivity contribution is 7.92. The van der Waals surface area contributed by atoms with Gasteiger partial charge in [0.2, 0.25) is 0 Å². The monoisotopic (exact) mass is 826 g/mol. The predicted molar refractivity (Wildman–Crippen MR) is 209 cm³/mol. The second-order valence-corrected chi connectivity index (χ2v) is 15.2. The maximum Gasteiger partial charge on any atom is 0.337 e. The van der Waals surface area contributed by atoms with Gasteiger partial charge >= 0.3 is 11.7 Å². The number of carbonyl (C=O) groups excluding carboxylic acids is 2. The molecule has 1 aliphatic rings. The number of nitrogens with zero attached hydrogens (tertiary/aromatic N) is 6. The zero-order valence-electron chi connectivity index (χ0n) is 31.6. The number of ether oxygens (including phenoxy) is 2. The lowest BCUT2D eigenvalue weighted by molar-refractivity contribution is -0.145. The number of halogens is 2. The number of nitrogens with one attached hydrogen (secondary N) is 2. The van der Waals surface area contributed by atoms with Crippen molar-refractivity contribution in [1.82, 2.24) is 34.4 Å². The molecule has 19 heteroatoms. The molecule has 0 bridgehead atoms. The minimum absolute atomic E-state index is 0.0120. The Bertz CT molecular complexity index is 2780. The van der Waals surface area contributed by atoms with Gasteiger partial charge in [0.1, 0.15) is 29.3 Å². The molecule has 59 heavy (non-hydrogen) atoms. The summed E-state index contributed by atoms with van der Waals surface area (Å²) in [5.41, 5.74) is -0.902. The Morgan fingerprint density at radius 3 is 2.34 bits per heavy atom. The van der Waals surface area contributed by atoms with Gasteiger partial charge in [0.25, 0.3) is 21.5 Å². The fourth-order valence-corrected chi connectivity index (χ4v) is 7.62. The van der Waals surface area contributed by atoms with Crippen molar-refractivity contribution in [2.45, 2.75) is 43.0 Å². The van der Waals surface area contributed by atoms with Crippen LogP contribution in [0.2, 0.25) is 0 Å². The molecule has 1 saturated heterocycles. The van der Waals surface area contributed by atoms with E-state index >= 15 is 8.78 Å². The van der Waals surface area contributed by atoms with Crippen molar-refractivity contribution in [3.8, 4) is 16.9 Å². The van der Waals surface area contributed by atoms with E-state index in [-0.39, 0.29) is 35.0 Å². The van der Waals surface area contributed by atoms with Crippen LogP contribution in [0.1, 0.15) is 47.4 Å². The first-order valence-corrected chi connectivity index (χ1v) is 19.8. The lowest BCUT2D eigenvalue weighted by atomic mass is 9.99. The minimum Gasteiger partial charge on any atom is -0.464 e. The second kappa shape index (κ2) is 17.0. The van der Waals surface area contributed by atoms with Crippen LogP contribution in [-0.2, 0) is 37.8 Å². The topological polar surface area (TPSA) is 206 Å². The van der Waals surface area contributed by atoms with Gasteiger partial charge in [-0.3, -0.25) is 23.9 Å². The molecule has 5 heterocycles. The van der Waals surface area contributed by atoms with E-state index in [1.807, 2.05) is 4.72 Å². The fourth-order valence-electron chi connectivity index (χ4n) is 6.56. The first-order valence-electron chi connectivity index (χ1n) is 18.3. The Morgan fingerprint density at radius 1 is 0.932 bits per heavy atom. The Hall–Kier alpha value is -6.73. The molecule has 1 amide bonds. The van der Waals surface area contributed by atoms with Crippen LogP contribution in [-0.4, -0.2) is 75.2 Å². The Labute approximate surface area is 335 Å². The number of pyridine rings is 2. The Morgan fingerprint density at radius 2 is 1.66 bits per heavy atom. The third-order valence-corrected chi connectivity index (χ3v) is 11.1. The third kappa shape index (κ3) is 8.60. The van der Waals surface area contributed by atoms with Crippen LogP contribution in [0.4, 0.5) is 14.5 Å². The van der Waals surface area contributed by atoms with Gasteiger partial charge in [0, 0.05) is 69.0 Å². The summed E-state index contributed by atoms with van der Waals surface area (Å²) < 4.78 is 71.8. The van der Waals surface area contributed by atoms with Crippen LogP contribution >= 0.6 is 0 Å². The standard InChI is InChI=1S/C40H36F2N8O8S/c1-3-58-39(53)33(16-23-4-9-35(44-19-23)50-38(52)28-10-13-43-22-34(28)49(2)40(50)54)47-37(51)29-17-31(42)32(18-30(29)41)48-59(55,56)27-7-5-24(6-8-27)26-20-45-36(46-21-26)25-11-14-57-15-12-25/h4-10,13,17-22,25,33,48H,3,11-12,14-16H2,1-2H3,(H,47,51)/t33-/m0/s1. The van der Waals surface area contributed by atoms with E-state index in [9.17, 15) is 27.6 Å². The highest BCUT2D eigenvalue weighted by atomic mass is 32.2. The molecule has 1 aliphatic heterocycles. The lowest BCUT2D eigenvalue weighted by Gasteiger charge is -2.20. The van der Waals surface area contributed by atoms with Crippen LogP contribution in [0.3, 0.4) is 0 Å². The highest BCUT2D eigenvalue weighted by Gasteiger charge is 2.27. The molecule has 6 aromatic rings. The van der Waals surface area contributed by atoms with Crippen molar-refractivity contribution in [2.24, 2.45) is 7.05 Å². The van der Waals surface area contributed by atoms with Crippen molar-refractivity contribution in [3.05, 3.63) is 135 Å². The Balaban J connectivity index is 1.04. The molecule has 16 nitrogen and oxygen atoms in total. The number of hydrogen-bond acceptors (Lipinski definition) is 12. The highest BCUT2D eigenvalue weighted by Crippen LogP contribution is 2.27. The van der Waals surface area contributed by atoms with Gasteiger partial charge in [-0.05, 0) is 61.2 Å². The van der Waals surface area contributed by atoms with Crippen molar-refractivity contribution < 1.29 is 36.3 Å². The maximum absolute atomic E-state index is 15.4. The number of fused-ring (bicyclic) bond motifs is 1. The first kappa shape index (κ1) is 40.5. The van der Waals surface area contributed by atoms with Crippen LogP contribution < -0.4 is 21.3 Å². The van der Waals surface area contributed by atoms with Crippen molar-refractivity contribution >= 4 is 38.5 Å². The molecule has 1 fully saturated rings. The number of anilines is 1. The lowest BCUT2D eigenvalue weighted by Crippen LogP contribution is -2.43. The van der Waals surface area contributed by atoms with Crippen LogP contribution in [0, 0.1) is 11.6 Å². The normalized spacial score (nSPS) is 13.8. The summed E-state index contributed by atoms with van der Waals surface area (Å²) >= 11 is 0. The van der Waals surface area contributed by atoms with E-state index in [1.165, 1.54) is 79.6 Å². The molecule has 0 aliphatic carbocycles.